The van der Waals surface area contributed by atoms with E-state index in [4.69, 9.17) is 9.47 Å². The fraction of sp³-hybridized carbons (Fsp3) is 0.409. The predicted octanol–water partition coefficient (Wildman–Crippen LogP) is 4.18. The Labute approximate surface area is 173 Å². The van der Waals surface area contributed by atoms with Gasteiger partial charge in [0.2, 0.25) is 0 Å². The van der Waals surface area contributed by atoms with Crippen LogP contribution in [0.3, 0.4) is 0 Å². The lowest BCUT2D eigenvalue weighted by atomic mass is 9.89. The standard InChI is InChI=1S/C22H24BrNO4/c23-20-6-5-18(24-22(21(25)26)7-9-27-10-8-22)11-17(20)14-28-19-12-15-3-1-2-4-16(15)13-19/h1-6,11,19,24H,7-10,12-14H2,(H,25,26). The van der Waals surface area contributed by atoms with Crippen molar-refractivity contribution < 1.29 is 19.4 Å². The first-order valence-corrected chi connectivity index (χ1v) is 10.4. The molecule has 0 radical (unpaired) electrons. The lowest BCUT2D eigenvalue weighted by molar-refractivity contribution is -0.145. The number of benzene rings is 2. The van der Waals surface area contributed by atoms with Crippen molar-refractivity contribution in [3.05, 3.63) is 63.6 Å². The van der Waals surface area contributed by atoms with Crippen molar-refractivity contribution in [1.82, 2.24) is 0 Å². The number of carboxylic acid groups (broad SMARTS) is 1. The maximum Gasteiger partial charge on any atom is 0.329 e. The van der Waals surface area contributed by atoms with Gasteiger partial charge in [-0.25, -0.2) is 4.79 Å². The van der Waals surface area contributed by atoms with E-state index in [1.807, 2.05) is 18.2 Å². The fourth-order valence-electron chi connectivity index (χ4n) is 4.00. The molecule has 2 aromatic rings. The Morgan fingerprint density at radius 2 is 1.86 bits per heavy atom. The van der Waals surface area contributed by atoms with Gasteiger partial charge in [0.05, 0.1) is 12.7 Å². The van der Waals surface area contributed by atoms with E-state index in [1.54, 1.807) is 0 Å². The van der Waals surface area contributed by atoms with Crippen molar-refractivity contribution in [1.29, 1.82) is 0 Å². The Kier molecular flexibility index (Phi) is 5.71. The van der Waals surface area contributed by atoms with Gasteiger partial charge >= 0.3 is 5.97 Å². The van der Waals surface area contributed by atoms with E-state index in [1.165, 1.54) is 11.1 Å². The van der Waals surface area contributed by atoms with Crippen molar-refractivity contribution in [3.8, 4) is 0 Å². The molecule has 6 heteroatoms. The molecule has 0 bridgehead atoms. The number of hydrogen-bond acceptors (Lipinski definition) is 4. The minimum Gasteiger partial charge on any atom is -0.480 e. The molecule has 0 atom stereocenters. The van der Waals surface area contributed by atoms with E-state index in [0.29, 0.717) is 32.7 Å². The predicted molar refractivity (Wildman–Crippen MR) is 111 cm³/mol. The minimum absolute atomic E-state index is 0.182. The molecule has 0 spiro atoms. The zero-order valence-corrected chi connectivity index (χ0v) is 17.2. The van der Waals surface area contributed by atoms with Gasteiger partial charge in [-0.15, -0.1) is 0 Å². The Balaban J connectivity index is 1.43. The number of fused-ring (bicyclic) bond motifs is 1. The SMILES string of the molecule is O=C(O)C1(Nc2ccc(Br)c(COC3Cc4ccccc4C3)c2)CCOCC1. The summed E-state index contributed by atoms with van der Waals surface area (Å²) in [6.45, 7) is 1.39. The summed E-state index contributed by atoms with van der Waals surface area (Å²) >= 11 is 3.59. The van der Waals surface area contributed by atoms with Crippen molar-refractivity contribution in [2.45, 2.75) is 43.9 Å². The Bertz CT molecular complexity index is 838. The van der Waals surface area contributed by atoms with E-state index in [0.717, 1.165) is 28.6 Å². The van der Waals surface area contributed by atoms with Crippen LogP contribution in [0.4, 0.5) is 5.69 Å². The molecule has 2 N–H and O–H groups in total. The van der Waals surface area contributed by atoms with Gasteiger partial charge in [0, 0.05) is 36.2 Å². The number of hydrogen-bond donors (Lipinski definition) is 2. The Morgan fingerprint density at radius 3 is 2.50 bits per heavy atom. The molecular formula is C22H24BrNO4. The van der Waals surface area contributed by atoms with Crippen molar-refractivity contribution >= 4 is 27.6 Å². The molecule has 0 aromatic heterocycles. The number of nitrogens with one attached hydrogen (secondary N) is 1. The van der Waals surface area contributed by atoms with Crippen LogP contribution < -0.4 is 5.32 Å². The molecule has 1 heterocycles. The number of aliphatic carboxylic acids is 1. The second kappa shape index (κ2) is 8.23. The van der Waals surface area contributed by atoms with Gasteiger partial charge in [-0.1, -0.05) is 40.2 Å². The van der Waals surface area contributed by atoms with Crippen LogP contribution in [0.25, 0.3) is 0 Å². The highest BCUT2D eigenvalue weighted by Gasteiger charge is 2.40. The van der Waals surface area contributed by atoms with Crippen molar-refractivity contribution in [2.24, 2.45) is 0 Å². The molecule has 1 aliphatic heterocycles. The number of anilines is 1. The zero-order chi connectivity index (χ0) is 19.6. The molecule has 28 heavy (non-hydrogen) atoms. The average Bonchev–Trinajstić information content (AvgIpc) is 3.12. The lowest BCUT2D eigenvalue weighted by Gasteiger charge is -2.35. The fourth-order valence-corrected chi connectivity index (χ4v) is 4.36. The highest BCUT2D eigenvalue weighted by Crippen LogP contribution is 2.30. The van der Waals surface area contributed by atoms with E-state index in [-0.39, 0.29) is 6.10 Å². The van der Waals surface area contributed by atoms with Crippen LogP contribution in [0.2, 0.25) is 0 Å². The third kappa shape index (κ3) is 4.09. The molecule has 2 aromatic carbocycles. The largest absolute Gasteiger partial charge is 0.480 e. The summed E-state index contributed by atoms with van der Waals surface area (Å²) in [4.78, 5) is 11.9. The molecule has 148 valence electrons. The number of halogens is 1. The average molecular weight is 446 g/mol. The molecule has 1 fully saturated rings. The van der Waals surface area contributed by atoms with Crippen LogP contribution in [-0.4, -0.2) is 35.9 Å². The topological polar surface area (TPSA) is 67.8 Å². The second-order valence-electron chi connectivity index (χ2n) is 7.54. The first-order valence-electron chi connectivity index (χ1n) is 9.62. The van der Waals surface area contributed by atoms with Gasteiger partial charge in [-0.2, -0.15) is 0 Å². The van der Waals surface area contributed by atoms with Crippen LogP contribution in [0.1, 0.15) is 29.5 Å². The summed E-state index contributed by atoms with van der Waals surface area (Å²) in [6.07, 6.45) is 2.96. The van der Waals surface area contributed by atoms with E-state index in [9.17, 15) is 9.90 Å². The number of carbonyl (C=O) groups is 1. The Morgan fingerprint density at radius 1 is 1.18 bits per heavy atom. The van der Waals surface area contributed by atoms with Gasteiger partial charge in [0.1, 0.15) is 5.54 Å². The summed E-state index contributed by atoms with van der Waals surface area (Å²) in [5.74, 6) is -0.833. The first-order chi connectivity index (χ1) is 13.6. The molecule has 1 aliphatic carbocycles. The maximum atomic E-state index is 11.9. The summed E-state index contributed by atoms with van der Waals surface area (Å²) in [5, 5.41) is 13.0. The van der Waals surface area contributed by atoms with Crippen LogP contribution in [0.5, 0.6) is 0 Å². The highest BCUT2D eigenvalue weighted by atomic mass is 79.9. The lowest BCUT2D eigenvalue weighted by Crippen LogP contribution is -2.50. The highest BCUT2D eigenvalue weighted by molar-refractivity contribution is 9.10. The number of carboxylic acids is 1. The van der Waals surface area contributed by atoms with Gasteiger partial charge < -0.3 is 19.9 Å². The summed E-state index contributed by atoms with van der Waals surface area (Å²) in [6, 6.07) is 14.3. The number of rotatable bonds is 6. The molecule has 2 aliphatic rings. The normalized spacial score (nSPS) is 18.6. The van der Waals surface area contributed by atoms with Gasteiger partial charge in [0.15, 0.2) is 0 Å². The van der Waals surface area contributed by atoms with E-state index < -0.39 is 11.5 Å². The van der Waals surface area contributed by atoms with Crippen LogP contribution in [0.15, 0.2) is 46.9 Å². The Hall–Kier alpha value is -1.89. The molecule has 0 unspecified atom stereocenters. The first kappa shape index (κ1) is 19.4. The van der Waals surface area contributed by atoms with Crippen LogP contribution in [0, 0.1) is 0 Å². The van der Waals surface area contributed by atoms with Crippen LogP contribution >= 0.6 is 15.9 Å². The maximum absolute atomic E-state index is 11.9. The van der Waals surface area contributed by atoms with Crippen molar-refractivity contribution in [2.75, 3.05) is 18.5 Å². The van der Waals surface area contributed by atoms with E-state index in [2.05, 4.69) is 45.5 Å². The second-order valence-corrected chi connectivity index (χ2v) is 8.40. The molecule has 4 rings (SSSR count). The molecule has 0 amide bonds. The van der Waals surface area contributed by atoms with Gasteiger partial charge in [-0.05, 0) is 47.7 Å². The van der Waals surface area contributed by atoms with Crippen LogP contribution in [-0.2, 0) is 33.7 Å². The van der Waals surface area contributed by atoms with Gasteiger partial charge in [-0.3, -0.25) is 0 Å². The molecule has 1 saturated heterocycles. The minimum atomic E-state index is -0.975. The smallest absolute Gasteiger partial charge is 0.329 e. The molecular weight excluding hydrogens is 422 g/mol. The zero-order valence-electron chi connectivity index (χ0n) is 15.6. The third-order valence-electron chi connectivity index (χ3n) is 5.67. The van der Waals surface area contributed by atoms with Gasteiger partial charge in [0.25, 0.3) is 0 Å². The number of ether oxygens (including phenoxy) is 2. The molecule has 5 nitrogen and oxygen atoms in total. The van der Waals surface area contributed by atoms with E-state index >= 15 is 0 Å². The monoisotopic (exact) mass is 445 g/mol. The third-order valence-corrected chi connectivity index (χ3v) is 6.45. The van der Waals surface area contributed by atoms with Crippen molar-refractivity contribution in [3.63, 3.8) is 0 Å². The quantitative estimate of drug-likeness (QED) is 0.697. The molecule has 0 saturated carbocycles. The summed E-state index contributed by atoms with van der Waals surface area (Å²) in [5.41, 5.74) is 3.56. The summed E-state index contributed by atoms with van der Waals surface area (Å²) < 4.78 is 12.5. The summed E-state index contributed by atoms with van der Waals surface area (Å²) in [7, 11) is 0.